The Morgan fingerprint density at radius 2 is 1.29 bits per heavy atom. The monoisotopic (exact) mass is 984 g/mol. The molecule has 21 heteroatoms. The Kier molecular flexibility index (Phi) is 17.2. The Bertz CT molecular complexity index is 3500. The SMILES string of the molecule is CC(C)(C)OC(=O)n1ccc(=O)c2cc([18F])ccc21.COc1ccc2nc(Cl)ccc2c1[18F].COc1cnc([18F])c(OC)c1.Cn1c(=O)c2cc([18F])ccc2n(C)c1=O.Cn1nc([18F])c2ccccc21. The number of carbonyl (C=O) groups excluding carboxylic acids is 1. The van der Waals surface area contributed by atoms with Crippen molar-refractivity contribution in [1.82, 2.24) is 33.4 Å². The van der Waals surface area contributed by atoms with Gasteiger partial charge in [-0.15, -0.1) is 5.10 Å². The molecule has 0 saturated carbocycles. The van der Waals surface area contributed by atoms with Gasteiger partial charge >= 0.3 is 11.8 Å². The Labute approximate surface area is 400 Å². The van der Waals surface area contributed by atoms with Gasteiger partial charge in [-0.25, -0.2) is 32.7 Å². The van der Waals surface area contributed by atoms with Gasteiger partial charge in [0.05, 0.1) is 60.4 Å². The van der Waals surface area contributed by atoms with E-state index >= 15 is 0 Å². The molecule has 0 unspecified atom stereocenters. The molecule has 5 heterocycles. The number of aryl methyl sites for hydroxylation is 2. The van der Waals surface area contributed by atoms with Gasteiger partial charge in [-0.05, 0) is 93.6 Å². The van der Waals surface area contributed by atoms with Gasteiger partial charge in [-0.3, -0.25) is 28.0 Å². The van der Waals surface area contributed by atoms with Gasteiger partial charge in [-0.2, -0.15) is 8.78 Å². The topological polar surface area (TPSA) is 164 Å². The third kappa shape index (κ3) is 12.7. The Morgan fingerprint density at radius 1 is 0.643 bits per heavy atom. The summed E-state index contributed by atoms with van der Waals surface area (Å²) < 4.78 is 89.7. The molecule has 366 valence electrons. The van der Waals surface area contributed by atoms with Crippen molar-refractivity contribution in [2.45, 2.75) is 26.4 Å². The number of benzene rings is 4. The van der Waals surface area contributed by atoms with E-state index in [4.69, 9.17) is 25.8 Å². The highest BCUT2D eigenvalue weighted by molar-refractivity contribution is 6.29. The fourth-order valence-electron chi connectivity index (χ4n) is 6.38. The van der Waals surface area contributed by atoms with E-state index in [-0.39, 0.29) is 27.7 Å². The molecule has 15 nitrogen and oxygen atoms in total. The van der Waals surface area contributed by atoms with Crippen molar-refractivity contribution >= 4 is 61.3 Å². The second-order valence-corrected chi connectivity index (χ2v) is 16.0. The highest BCUT2D eigenvalue weighted by atomic mass is 35.5. The number of fused-ring (bicyclic) bond motifs is 4. The van der Waals surface area contributed by atoms with E-state index in [9.17, 15) is 41.1 Å². The summed E-state index contributed by atoms with van der Waals surface area (Å²) in [6.45, 7) is 5.24. The molecule has 9 rings (SSSR count). The fraction of sp³-hybridized carbons (Fsp3) is 0.204. The van der Waals surface area contributed by atoms with Gasteiger partial charge in [0.1, 0.15) is 28.1 Å². The lowest BCUT2D eigenvalue weighted by Crippen LogP contribution is -2.36. The summed E-state index contributed by atoms with van der Waals surface area (Å²) >= 11 is 5.68. The number of para-hydroxylation sites is 1. The number of aromatic nitrogens is 7. The van der Waals surface area contributed by atoms with Gasteiger partial charge in [0.15, 0.2) is 22.7 Å². The number of halogens is 6. The van der Waals surface area contributed by atoms with Crippen LogP contribution in [0, 0.1) is 29.3 Å². The summed E-state index contributed by atoms with van der Waals surface area (Å²) in [4.78, 5) is 54.2. The lowest BCUT2D eigenvalue weighted by atomic mass is 10.2. The maximum atomic E-state index is 13.6. The first-order chi connectivity index (χ1) is 33.1. The fourth-order valence-corrected chi connectivity index (χ4v) is 6.54. The van der Waals surface area contributed by atoms with E-state index in [0.29, 0.717) is 38.2 Å². The molecule has 4 aromatic carbocycles. The van der Waals surface area contributed by atoms with Crippen molar-refractivity contribution in [2.24, 2.45) is 21.1 Å². The largest absolute Gasteiger partial charge is 0.495 e. The molecule has 0 fully saturated rings. The first-order valence-electron chi connectivity index (χ1n) is 20.6. The van der Waals surface area contributed by atoms with Crippen LogP contribution in [0.1, 0.15) is 20.8 Å². The zero-order valence-electron chi connectivity index (χ0n) is 39.1. The van der Waals surface area contributed by atoms with E-state index < -0.39 is 52.3 Å². The summed E-state index contributed by atoms with van der Waals surface area (Å²) in [7, 11) is 8.92. The van der Waals surface area contributed by atoms with E-state index in [0.717, 1.165) is 22.2 Å². The average Bonchev–Trinajstić information content (AvgIpc) is 3.62. The smallest absolute Gasteiger partial charge is 0.418 e. The molecule has 0 aliphatic carbocycles. The van der Waals surface area contributed by atoms with Gasteiger partial charge in [0.25, 0.3) is 11.5 Å². The molecule has 70 heavy (non-hydrogen) atoms. The highest BCUT2D eigenvalue weighted by Crippen LogP contribution is 2.26. The molecular formula is C49H45ClF5N7O8. The molecule has 0 atom stereocenters. The zero-order valence-corrected chi connectivity index (χ0v) is 39.8. The van der Waals surface area contributed by atoms with Crippen LogP contribution in [0.15, 0.2) is 124 Å². The van der Waals surface area contributed by atoms with Crippen LogP contribution in [0.2, 0.25) is 5.15 Å². The highest BCUT2D eigenvalue weighted by Gasteiger charge is 2.19. The van der Waals surface area contributed by atoms with Gasteiger partial charge < -0.3 is 18.9 Å². The quantitative estimate of drug-likeness (QED) is 0.122. The third-order valence-corrected chi connectivity index (χ3v) is 9.99. The number of methoxy groups -OCH3 is 3. The Balaban J connectivity index is 0.000000165. The minimum Gasteiger partial charge on any atom is -0.495 e. The lowest BCUT2D eigenvalue weighted by Gasteiger charge is -2.20. The minimum atomic E-state index is -0.646. The second-order valence-electron chi connectivity index (χ2n) is 15.6. The predicted molar refractivity (Wildman–Crippen MR) is 255 cm³/mol. The van der Waals surface area contributed by atoms with Crippen LogP contribution in [-0.4, -0.2) is 66.5 Å². The summed E-state index contributed by atoms with van der Waals surface area (Å²) in [6.07, 6.45) is 2.01. The van der Waals surface area contributed by atoms with E-state index in [1.165, 1.54) is 97.1 Å². The van der Waals surface area contributed by atoms with Crippen molar-refractivity contribution in [2.75, 3.05) is 21.3 Å². The third-order valence-electron chi connectivity index (χ3n) is 9.78. The molecule has 0 amide bonds. The number of pyridine rings is 3. The summed E-state index contributed by atoms with van der Waals surface area (Å²) in [5.74, 6) is -1.68. The maximum Gasteiger partial charge on any atom is 0.418 e. The van der Waals surface area contributed by atoms with E-state index in [2.05, 4.69) is 19.8 Å². The van der Waals surface area contributed by atoms with Crippen molar-refractivity contribution in [3.8, 4) is 17.2 Å². The van der Waals surface area contributed by atoms with Crippen molar-refractivity contribution in [1.29, 1.82) is 0 Å². The molecule has 0 saturated heterocycles. The number of ether oxygens (including phenoxy) is 4. The molecule has 5 aromatic heterocycles. The number of rotatable bonds is 3. The first-order valence-corrected chi connectivity index (χ1v) is 21.0. The van der Waals surface area contributed by atoms with E-state index in [1.54, 1.807) is 65.2 Å². The van der Waals surface area contributed by atoms with Crippen molar-refractivity contribution < 1.29 is 45.7 Å². The van der Waals surface area contributed by atoms with Gasteiger partial charge in [0.2, 0.25) is 5.95 Å². The molecular weight excluding hydrogens is 940 g/mol. The average molecular weight is 985 g/mol. The van der Waals surface area contributed by atoms with Crippen LogP contribution >= 0.6 is 11.6 Å². The summed E-state index contributed by atoms with van der Waals surface area (Å²) in [6, 6.07) is 23.7. The molecule has 0 radical (unpaired) electrons. The first kappa shape index (κ1) is 52.8. The minimum absolute atomic E-state index is 0.0874. The number of hydrogen-bond acceptors (Lipinski definition) is 11. The van der Waals surface area contributed by atoms with Crippen LogP contribution < -0.4 is 30.9 Å². The molecule has 0 bridgehead atoms. The van der Waals surface area contributed by atoms with Crippen LogP contribution in [0.4, 0.5) is 26.7 Å². The molecule has 0 spiro atoms. The standard InChI is InChI=1S/C14H14FNO3.C10H7ClFNO.C10H9FN2O2.C8H7FN2.C7H8FNO2/c1-14(2,3)19-13(18)16-7-6-12(17)10-8-9(15)4-5-11(10)16;1-14-8-4-3-7-6(10(8)12)2-5-9(11)13-7;1-12-8-4-3-6(11)5-7(8)9(14)13(2)10(12)15;1-11-7-5-3-2-4-6(7)8(9)10-11;1-10-5-3-6(11-2)7(8)9-4-5/h4-8H,1-3H3;2-5H,1H3;3-5H,1-2H3;2-5H,1H3;3-4H,1-2H3/i15-1;12-1;11-1;9-1;8-1. The van der Waals surface area contributed by atoms with E-state index in [1.807, 2.05) is 12.1 Å². The number of nitrogens with zero attached hydrogens (tertiary/aromatic N) is 7. The van der Waals surface area contributed by atoms with Gasteiger partial charge in [0, 0.05) is 50.2 Å². The molecule has 0 N–H and O–H groups in total. The Hall–Kier alpha value is -8.13. The predicted octanol–water partition coefficient (Wildman–Crippen LogP) is 9.29. The van der Waals surface area contributed by atoms with Crippen LogP contribution in [0.3, 0.4) is 0 Å². The second kappa shape index (κ2) is 22.8. The molecule has 0 aliphatic rings. The van der Waals surface area contributed by atoms with Crippen LogP contribution in [0.25, 0.3) is 43.6 Å². The Morgan fingerprint density at radius 3 is 1.91 bits per heavy atom. The normalized spacial score (nSPS) is 10.7. The van der Waals surface area contributed by atoms with Crippen molar-refractivity contribution in [3.05, 3.63) is 175 Å². The van der Waals surface area contributed by atoms with Crippen LogP contribution in [-0.2, 0) is 25.9 Å². The number of hydrogen-bond donors (Lipinski definition) is 0. The molecule has 9 aromatic rings. The molecule has 0 aliphatic heterocycles. The van der Waals surface area contributed by atoms with Crippen LogP contribution in [0.5, 0.6) is 17.2 Å². The summed E-state index contributed by atoms with van der Waals surface area (Å²) in [5, 5.41) is 5.33. The van der Waals surface area contributed by atoms with Crippen molar-refractivity contribution in [3.63, 3.8) is 0 Å². The number of carbonyl (C=O) groups is 1. The lowest BCUT2D eigenvalue weighted by molar-refractivity contribution is 0.0543. The summed E-state index contributed by atoms with van der Waals surface area (Å²) in [5.41, 5.74) is 0.224. The zero-order chi connectivity index (χ0) is 51.6. The maximum absolute atomic E-state index is 13.6. The van der Waals surface area contributed by atoms with Gasteiger partial charge in [-0.1, -0.05) is 23.7 Å².